The molecule has 2 aromatic heterocycles. The van der Waals surface area contributed by atoms with Gasteiger partial charge in [-0.2, -0.15) is 0 Å². The van der Waals surface area contributed by atoms with Gasteiger partial charge in [0.15, 0.2) is 0 Å². The molecule has 5 heteroatoms. The zero-order chi connectivity index (χ0) is 49.5. The van der Waals surface area contributed by atoms with Crippen LogP contribution in [0.1, 0.15) is 102 Å². The van der Waals surface area contributed by atoms with Crippen molar-refractivity contribution >= 4 is 11.0 Å². The number of aromatic hydroxyl groups is 1. The Morgan fingerprint density at radius 3 is 2.03 bits per heavy atom. The summed E-state index contributed by atoms with van der Waals surface area (Å²) >= 11 is 0. The van der Waals surface area contributed by atoms with E-state index in [1.807, 2.05) is 67.6 Å². The molecule has 0 saturated carbocycles. The largest absolute Gasteiger partial charge is 0.507 e. The maximum Gasteiger partial charge on any atom is 0.148 e. The molecule has 8 aromatic rings. The van der Waals surface area contributed by atoms with Gasteiger partial charge in [0.05, 0.1) is 33.3 Å². The molecule has 0 unspecified atom stereocenters. The summed E-state index contributed by atoms with van der Waals surface area (Å²) in [6, 6.07) is 30.4. The molecule has 0 saturated heterocycles. The van der Waals surface area contributed by atoms with Crippen molar-refractivity contribution in [2.24, 2.45) is 0 Å². The Morgan fingerprint density at radius 2 is 1.34 bits per heavy atom. The van der Waals surface area contributed by atoms with E-state index >= 15 is 0 Å². The van der Waals surface area contributed by atoms with E-state index in [4.69, 9.17) is 14.6 Å². The van der Waals surface area contributed by atoms with Gasteiger partial charge in [-0.1, -0.05) is 164 Å². The Labute approximate surface area is 388 Å². The van der Waals surface area contributed by atoms with Gasteiger partial charge in [0.2, 0.25) is 0 Å². The first kappa shape index (κ1) is 34.1. The van der Waals surface area contributed by atoms with E-state index in [9.17, 15) is 6.48 Å². The number of phenols is 1. The van der Waals surface area contributed by atoms with Crippen molar-refractivity contribution in [1.82, 2.24) is 14.5 Å². The summed E-state index contributed by atoms with van der Waals surface area (Å²) in [5.74, 6) is 0.659. The smallest absolute Gasteiger partial charge is 0.148 e. The summed E-state index contributed by atoms with van der Waals surface area (Å²) in [5.41, 5.74) is 8.80. The van der Waals surface area contributed by atoms with Crippen molar-refractivity contribution in [3.8, 4) is 67.5 Å². The number of phenolic OH excluding ortho intramolecular Hbond substituents is 1. The van der Waals surface area contributed by atoms with Crippen molar-refractivity contribution in [3.05, 3.63) is 168 Å². The van der Waals surface area contributed by atoms with Crippen LogP contribution >= 0.6 is 0 Å². The van der Waals surface area contributed by atoms with Crippen LogP contribution in [-0.2, 0) is 37.3 Å². The maximum absolute atomic E-state index is 12.1. The third-order valence-corrected chi connectivity index (χ3v) is 11.7. The van der Waals surface area contributed by atoms with Crippen molar-refractivity contribution < 1.29 is 37.1 Å². The molecular weight excluding hydrogens is 926 g/mol. The zero-order valence-electron chi connectivity index (χ0n) is 44.5. The minimum atomic E-state index is -0.606. The fraction of sp³-hybridized carbons (Fsp3) is 0.250. The van der Waals surface area contributed by atoms with Crippen LogP contribution in [0.25, 0.3) is 72.7 Å². The van der Waals surface area contributed by atoms with Crippen molar-refractivity contribution in [2.75, 3.05) is 0 Å². The van der Waals surface area contributed by atoms with Crippen molar-refractivity contribution in [2.45, 2.75) is 91.9 Å². The minimum Gasteiger partial charge on any atom is -0.507 e. The van der Waals surface area contributed by atoms with E-state index < -0.39 is 47.8 Å². The predicted molar refractivity (Wildman–Crippen MR) is 252 cm³/mol. The molecule has 0 bridgehead atoms. The molecule has 61 heavy (non-hydrogen) atoms. The summed E-state index contributed by atoms with van der Waals surface area (Å²) in [7, 11) is 0. The second-order valence-electron chi connectivity index (χ2n) is 18.4. The van der Waals surface area contributed by atoms with E-state index in [2.05, 4.69) is 108 Å². The van der Waals surface area contributed by atoms with Crippen LogP contribution in [0.5, 0.6) is 5.75 Å². The molecule has 8 rings (SSSR count). The number of imidazole rings is 1. The third-order valence-electron chi connectivity index (χ3n) is 11.7. The Kier molecular flexibility index (Phi) is 9.33. The molecular formula is C56H56N3OPt-. The van der Waals surface area contributed by atoms with E-state index in [0.29, 0.717) is 33.6 Å². The summed E-state index contributed by atoms with van der Waals surface area (Å²) in [5, 5.41) is 12.1. The monoisotopic (exact) mass is 989 g/mol. The average molecular weight is 990 g/mol. The standard InChI is InChI=1S/C56H56N3O.Pt/c1-11-56(9,10)42-25-26-49(46(34-42)38-21-16-13-17-22-38)59-50-24-18-23-45(51(50)58-53(59)47-35-43(54(3,4)5)29-36(2)52(47)60)40-30-41(32-44(31-40)55(6,7)8)48-33-39(27-28-57-48)37-19-14-12-15-20-37;/h12-29,31-35,60H,11H2,1-10H3;/q-1;/i12D,14D,15D,19D,20D,27D,28D,33D;. The van der Waals surface area contributed by atoms with Gasteiger partial charge in [0.1, 0.15) is 11.6 Å². The van der Waals surface area contributed by atoms with Crippen molar-refractivity contribution in [3.63, 3.8) is 0 Å². The van der Waals surface area contributed by atoms with E-state index in [-0.39, 0.29) is 60.5 Å². The first-order valence-electron chi connectivity index (χ1n) is 24.6. The predicted octanol–water partition coefficient (Wildman–Crippen LogP) is 14.8. The van der Waals surface area contributed by atoms with Crippen LogP contribution in [0.2, 0.25) is 0 Å². The molecule has 6 aromatic carbocycles. The van der Waals surface area contributed by atoms with Gasteiger partial charge >= 0.3 is 0 Å². The molecule has 312 valence electrons. The number of pyridine rings is 1. The molecule has 0 fully saturated rings. The van der Waals surface area contributed by atoms with Crippen LogP contribution in [0.15, 0.2) is 139 Å². The van der Waals surface area contributed by atoms with Gasteiger partial charge in [0, 0.05) is 38.5 Å². The summed E-state index contributed by atoms with van der Waals surface area (Å²) in [6.07, 6.45) is 0.416. The van der Waals surface area contributed by atoms with Gasteiger partial charge in [-0.25, -0.2) is 4.98 Å². The Bertz CT molecular complexity index is 3300. The molecule has 4 nitrogen and oxygen atoms in total. The molecule has 0 atom stereocenters. The van der Waals surface area contributed by atoms with Crippen LogP contribution in [0, 0.1) is 13.0 Å². The third kappa shape index (κ3) is 8.53. The number of benzene rings is 6. The van der Waals surface area contributed by atoms with Gasteiger partial charge in [-0.05, 0) is 93.3 Å². The van der Waals surface area contributed by atoms with Gasteiger partial charge in [-0.15, -0.1) is 29.3 Å². The number of aryl methyl sites for hydroxylation is 1. The van der Waals surface area contributed by atoms with Gasteiger partial charge in [0.25, 0.3) is 0 Å². The van der Waals surface area contributed by atoms with E-state index in [1.54, 1.807) is 0 Å². The summed E-state index contributed by atoms with van der Waals surface area (Å²) in [4.78, 5) is 9.94. The first-order chi connectivity index (χ1) is 31.8. The summed E-state index contributed by atoms with van der Waals surface area (Å²) in [6.45, 7) is 21.2. The Hall–Kier alpha value is -5.57. The number of hydrogen-bond acceptors (Lipinski definition) is 3. The SMILES string of the molecule is [2H]c1nc(-c2[c-]c(-c3cccc4c3nc(-c3cc(C(C)(C)C)cc(C)c3O)n4-c3ccc(C(C)(C)CC)cc3-c3ccccc3)cc(C(C)(C)C)c2)c([2H])c(-c2c([2H])c([2H])c([2H])c([2H])c2[2H])c1[2H].[Pt]. The normalized spacial score (nSPS) is 13.9. The quantitative estimate of drug-likeness (QED) is 0.154. The second kappa shape index (κ2) is 16.7. The molecule has 0 aliphatic rings. The number of hydrogen-bond donors (Lipinski definition) is 1. The average Bonchev–Trinajstić information content (AvgIpc) is 3.69. The molecule has 0 aliphatic heterocycles. The summed E-state index contributed by atoms with van der Waals surface area (Å²) < 4.78 is 71.6. The van der Waals surface area contributed by atoms with Crippen LogP contribution < -0.4 is 0 Å². The molecule has 1 N–H and O–H groups in total. The van der Waals surface area contributed by atoms with E-state index in [1.165, 1.54) is 5.56 Å². The molecule has 0 spiro atoms. The Morgan fingerprint density at radius 1 is 0.672 bits per heavy atom. The van der Waals surface area contributed by atoms with Crippen LogP contribution in [-0.4, -0.2) is 19.6 Å². The van der Waals surface area contributed by atoms with Crippen LogP contribution in [0.3, 0.4) is 0 Å². The minimum absolute atomic E-state index is 0. The van der Waals surface area contributed by atoms with Crippen molar-refractivity contribution in [1.29, 1.82) is 0 Å². The zero-order valence-corrected chi connectivity index (χ0v) is 38.7. The fourth-order valence-electron chi connectivity index (χ4n) is 7.55. The molecule has 2 heterocycles. The topological polar surface area (TPSA) is 50.9 Å². The molecule has 0 aliphatic carbocycles. The van der Waals surface area contributed by atoms with Gasteiger partial charge in [-0.3, -0.25) is 9.55 Å². The fourth-order valence-corrected chi connectivity index (χ4v) is 7.55. The molecule has 0 radical (unpaired) electrons. The molecule has 0 amide bonds. The second-order valence-corrected chi connectivity index (χ2v) is 18.4. The first-order valence-corrected chi connectivity index (χ1v) is 20.6. The number of nitrogens with zero attached hydrogens (tertiary/aromatic N) is 3. The maximum atomic E-state index is 12.1. The number of rotatable bonds is 8. The Balaban J connectivity index is 0.00000703. The number of para-hydroxylation sites is 1. The van der Waals surface area contributed by atoms with Crippen LogP contribution in [0.4, 0.5) is 0 Å². The number of aromatic nitrogens is 3. The van der Waals surface area contributed by atoms with E-state index in [0.717, 1.165) is 45.4 Å². The van der Waals surface area contributed by atoms with Gasteiger partial charge < -0.3 is 5.11 Å². The number of fused-ring (bicyclic) bond motifs is 1.